The number of fused-ring (bicyclic) bond motifs is 1. The monoisotopic (exact) mass is 397 g/mol. The van der Waals surface area contributed by atoms with Crippen molar-refractivity contribution in [2.45, 2.75) is 13.0 Å². The molecular formula is C17H21Cl2N5O2. The number of piperazine rings is 1. The van der Waals surface area contributed by atoms with Crippen molar-refractivity contribution < 1.29 is 9.21 Å². The molecule has 1 aliphatic rings. The van der Waals surface area contributed by atoms with Crippen molar-refractivity contribution >= 4 is 41.8 Å². The van der Waals surface area contributed by atoms with Gasteiger partial charge in [0.15, 0.2) is 11.3 Å². The fourth-order valence-electron chi connectivity index (χ4n) is 3.13. The van der Waals surface area contributed by atoms with Gasteiger partial charge in [-0.1, -0.05) is 0 Å². The zero-order valence-corrected chi connectivity index (χ0v) is 16.1. The minimum absolute atomic E-state index is 0. The van der Waals surface area contributed by atoms with Gasteiger partial charge in [-0.3, -0.25) is 9.48 Å². The van der Waals surface area contributed by atoms with Crippen LogP contribution < -0.4 is 5.32 Å². The third kappa shape index (κ3) is 3.70. The number of aromatic nitrogens is 3. The van der Waals surface area contributed by atoms with E-state index in [2.05, 4.69) is 15.4 Å². The fourth-order valence-corrected chi connectivity index (χ4v) is 3.13. The summed E-state index contributed by atoms with van der Waals surface area (Å²) in [5, 5.41) is 7.56. The van der Waals surface area contributed by atoms with Crippen molar-refractivity contribution in [3.05, 3.63) is 47.6 Å². The number of carbonyl (C=O) groups excluding carboxylic acids is 1. The van der Waals surface area contributed by atoms with E-state index < -0.39 is 0 Å². The normalized spacial score (nSPS) is 16.8. The highest BCUT2D eigenvalue weighted by Gasteiger charge is 2.31. The molecular weight excluding hydrogens is 377 g/mol. The van der Waals surface area contributed by atoms with Crippen LogP contribution in [0.4, 0.5) is 0 Å². The average molecular weight is 398 g/mol. The summed E-state index contributed by atoms with van der Waals surface area (Å²) < 4.78 is 7.48. The first kappa shape index (κ1) is 20.2. The lowest BCUT2D eigenvalue weighted by atomic mass is 10.1. The number of amides is 1. The third-order valence-corrected chi connectivity index (χ3v) is 4.34. The maximum Gasteiger partial charge on any atom is 0.290 e. The van der Waals surface area contributed by atoms with Crippen molar-refractivity contribution in [1.82, 2.24) is 25.0 Å². The van der Waals surface area contributed by atoms with Gasteiger partial charge in [0, 0.05) is 50.2 Å². The molecule has 7 nitrogen and oxygen atoms in total. The smallest absolute Gasteiger partial charge is 0.290 e. The Bertz CT molecular complexity index is 908. The molecule has 0 aliphatic carbocycles. The summed E-state index contributed by atoms with van der Waals surface area (Å²) in [5.74, 6) is 0.222. The second kappa shape index (κ2) is 8.07. The summed E-state index contributed by atoms with van der Waals surface area (Å²) in [6.07, 6.45) is 3.75. The van der Waals surface area contributed by atoms with E-state index in [-0.39, 0.29) is 36.8 Å². The molecule has 1 N–H and O–H groups in total. The van der Waals surface area contributed by atoms with Gasteiger partial charge < -0.3 is 14.6 Å². The van der Waals surface area contributed by atoms with Crippen LogP contribution in [0.5, 0.6) is 0 Å². The van der Waals surface area contributed by atoms with Crippen LogP contribution in [-0.2, 0) is 7.05 Å². The Hall–Kier alpha value is -2.09. The van der Waals surface area contributed by atoms with E-state index in [1.165, 1.54) is 0 Å². The topological polar surface area (TPSA) is 76.2 Å². The van der Waals surface area contributed by atoms with Crippen molar-refractivity contribution in [2.75, 3.05) is 19.6 Å². The Morgan fingerprint density at radius 2 is 2.15 bits per heavy atom. The van der Waals surface area contributed by atoms with Crippen molar-refractivity contribution in [3.63, 3.8) is 0 Å². The van der Waals surface area contributed by atoms with Gasteiger partial charge in [0.1, 0.15) is 5.52 Å². The van der Waals surface area contributed by atoms with E-state index in [4.69, 9.17) is 4.42 Å². The van der Waals surface area contributed by atoms with Gasteiger partial charge in [-0.25, -0.2) is 4.98 Å². The number of aryl methyl sites for hydroxylation is 2. The average Bonchev–Trinajstić information content (AvgIpc) is 3.20. The molecule has 4 heterocycles. The fraction of sp³-hybridized carbons (Fsp3) is 0.353. The van der Waals surface area contributed by atoms with Crippen LogP contribution in [0.2, 0.25) is 0 Å². The lowest BCUT2D eigenvalue weighted by Gasteiger charge is -2.35. The van der Waals surface area contributed by atoms with Gasteiger partial charge in [0.2, 0.25) is 0 Å². The number of nitrogens with zero attached hydrogens (tertiary/aromatic N) is 4. The summed E-state index contributed by atoms with van der Waals surface area (Å²) in [7, 11) is 1.87. The maximum atomic E-state index is 13.0. The first-order valence-corrected chi connectivity index (χ1v) is 7.99. The van der Waals surface area contributed by atoms with E-state index in [9.17, 15) is 4.79 Å². The molecule has 4 rings (SSSR count). The molecule has 3 aromatic heterocycles. The van der Waals surface area contributed by atoms with Crippen molar-refractivity contribution in [2.24, 2.45) is 7.05 Å². The largest absolute Gasteiger partial charge is 0.449 e. The third-order valence-electron chi connectivity index (χ3n) is 4.34. The van der Waals surface area contributed by atoms with Gasteiger partial charge in [-0.2, -0.15) is 5.10 Å². The van der Waals surface area contributed by atoms with Gasteiger partial charge in [0.05, 0.1) is 12.2 Å². The van der Waals surface area contributed by atoms with E-state index in [1.54, 1.807) is 10.7 Å². The van der Waals surface area contributed by atoms with Gasteiger partial charge in [0.25, 0.3) is 5.91 Å². The Balaban J connectivity index is 0.00000121. The minimum atomic E-state index is -0.110. The molecule has 9 heteroatoms. The number of hydrogen-bond donors (Lipinski definition) is 1. The number of rotatable bonds is 2. The molecule has 1 amide bonds. The first-order valence-electron chi connectivity index (χ1n) is 7.99. The Labute approximate surface area is 163 Å². The number of halogens is 2. The predicted octanol–water partition coefficient (Wildman–Crippen LogP) is 2.50. The van der Waals surface area contributed by atoms with Crippen LogP contribution in [0.3, 0.4) is 0 Å². The van der Waals surface area contributed by atoms with Crippen LogP contribution in [0.15, 0.2) is 35.0 Å². The summed E-state index contributed by atoms with van der Waals surface area (Å²) >= 11 is 0. The Kier molecular flexibility index (Phi) is 6.28. The minimum Gasteiger partial charge on any atom is -0.449 e. The van der Waals surface area contributed by atoms with E-state index in [1.807, 2.05) is 43.4 Å². The zero-order valence-electron chi connectivity index (χ0n) is 14.5. The van der Waals surface area contributed by atoms with E-state index in [0.29, 0.717) is 29.9 Å². The Morgan fingerprint density at radius 3 is 2.88 bits per heavy atom. The highest BCUT2D eigenvalue weighted by Crippen LogP contribution is 2.26. The molecule has 0 spiro atoms. The number of carbonyl (C=O) groups is 1. The van der Waals surface area contributed by atoms with Crippen LogP contribution in [-0.4, -0.2) is 45.2 Å². The summed E-state index contributed by atoms with van der Waals surface area (Å²) in [6.45, 7) is 4.01. The molecule has 0 radical (unpaired) electrons. The number of furan rings is 1. The van der Waals surface area contributed by atoms with E-state index in [0.717, 1.165) is 17.8 Å². The van der Waals surface area contributed by atoms with Gasteiger partial charge in [-0.05, 0) is 19.1 Å². The molecule has 26 heavy (non-hydrogen) atoms. The molecule has 3 aromatic rings. The summed E-state index contributed by atoms with van der Waals surface area (Å²) in [5.41, 5.74) is 3.27. The highest BCUT2D eigenvalue weighted by molar-refractivity contribution is 5.95. The van der Waals surface area contributed by atoms with Gasteiger partial charge in [-0.15, -0.1) is 24.8 Å². The second-order valence-electron chi connectivity index (χ2n) is 6.11. The van der Waals surface area contributed by atoms with Crippen LogP contribution in [0, 0.1) is 6.92 Å². The standard InChI is InChI=1S/C17H19N5O2.2ClH/c1-11-3-4-15-13(20-11)7-16(24-15)17(23)22-6-5-18-9-14(22)12-8-19-21(2)10-12;;/h3-4,7-8,10,14,18H,5-6,9H2,1-2H3;2*1H. The van der Waals surface area contributed by atoms with Crippen molar-refractivity contribution in [1.29, 1.82) is 0 Å². The van der Waals surface area contributed by atoms with E-state index >= 15 is 0 Å². The predicted molar refractivity (Wildman–Crippen MR) is 103 cm³/mol. The molecule has 0 bridgehead atoms. The molecule has 1 saturated heterocycles. The molecule has 1 atom stereocenters. The highest BCUT2D eigenvalue weighted by atomic mass is 35.5. The molecule has 0 saturated carbocycles. The van der Waals surface area contributed by atoms with Crippen LogP contribution >= 0.6 is 24.8 Å². The number of nitrogens with one attached hydrogen (secondary N) is 1. The van der Waals surface area contributed by atoms with Crippen molar-refractivity contribution in [3.8, 4) is 0 Å². The number of pyridine rings is 1. The SMILES string of the molecule is Cc1ccc2oc(C(=O)N3CCNCC3c3cnn(C)c3)cc2n1.Cl.Cl. The maximum absolute atomic E-state index is 13.0. The zero-order chi connectivity index (χ0) is 16.7. The first-order chi connectivity index (χ1) is 11.6. The Morgan fingerprint density at radius 1 is 1.35 bits per heavy atom. The molecule has 140 valence electrons. The second-order valence-corrected chi connectivity index (χ2v) is 6.11. The number of hydrogen-bond acceptors (Lipinski definition) is 5. The lowest BCUT2D eigenvalue weighted by molar-refractivity contribution is 0.0604. The summed E-state index contributed by atoms with van der Waals surface area (Å²) in [4.78, 5) is 19.3. The van der Waals surface area contributed by atoms with Crippen LogP contribution in [0.25, 0.3) is 11.1 Å². The molecule has 1 aliphatic heterocycles. The quantitative estimate of drug-likeness (QED) is 0.718. The van der Waals surface area contributed by atoms with Gasteiger partial charge >= 0.3 is 0 Å². The van der Waals surface area contributed by atoms with Crippen LogP contribution in [0.1, 0.15) is 27.9 Å². The lowest BCUT2D eigenvalue weighted by Crippen LogP contribution is -2.48. The summed E-state index contributed by atoms with van der Waals surface area (Å²) in [6, 6.07) is 5.41. The molecule has 1 fully saturated rings. The molecule has 0 aromatic carbocycles. The molecule has 1 unspecified atom stereocenters.